The molecule has 1 aromatic heterocycles. The summed E-state index contributed by atoms with van der Waals surface area (Å²) in [6, 6.07) is 5.45. The van der Waals surface area contributed by atoms with Crippen molar-refractivity contribution in [2.45, 2.75) is 5.75 Å². The molecule has 0 unspecified atom stereocenters. The maximum absolute atomic E-state index is 13.6. The van der Waals surface area contributed by atoms with Gasteiger partial charge in [0.05, 0.1) is 10.5 Å². The van der Waals surface area contributed by atoms with Crippen molar-refractivity contribution in [2.24, 2.45) is 0 Å². The normalized spacial score (nSPS) is 11.0. The van der Waals surface area contributed by atoms with E-state index >= 15 is 0 Å². The number of hydrogen-bond donors (Lipinski definition) is 1. The first kappa shape index (κ1) is 16.7. The van der Waals surface area contributed by atoms with Crippen LogP contribution in [0, 0.1) is 23.3 Å². The highest BCUT2D eigenvalue weighted by atomic mass is 32.2. The quantitative estimate of drug-likeness (QED) is 0.419. The van der Waals surface area contributed by atoms with Gasteiger partial charge in [-0.15, -0.1) is 11.3 Å². The van der Waals surface area contributed by atoms with Crippen LogP contribution in [0.25, 0.3) is 10.2 Å². The summed E-state index contributed by atoms with van der Waals surface area (Å²) in [5, 5.41) is 0.331. The van der Waals surface area contributed by atoms with Crippen LogP contribution in [0.2, 0.25) is 0 Å². The van der Waals surface area contributed by atoms with Crippen molar-refractivity contribution in [2.75, 3.05) is 0 Å². The van der Waals surface area contributed by atoms with Gasteiger partial charge in [-0.25, -0.2) is 22.5 Å². The molecular formula is C15H8F4N2OS2. The van der Waals surface area contributed by atoms with Crippen LogP contribution in [0.3, 0.4) is 0 Å². The van der Waals surface area contributed by atoms with Crippen molar-refractivity contribution >= 4 is 39.4 Å². The summed E-state index contributed by atoms with van der Waals surface area (Å²) in [5.41, 5.74) is -0.0923. The topological polar surface area (TPSA) is 42.0 Å². The largest absolute Gasteiger partial charge is 0.296 e. The number of amides is 1. The Morgan fingerprint density at radius 1 is 1.12 bits per heavy atom. The second kappa shape index (κ2) is 6.78. The third kappa shape index (κ3) is 3.36. The first-order valence-corrected chi connectivity index (χ1v) is 8.36. The average Bonchev–Trinajstić information content (AvgIpc) is 2.98. The molecule has 1 amide bonds. The van der Waals surface area contributed by atoms with Crippen LogP contribution in [0.4, 0.5) is 17.6 Å². The molecule has 1 N–H and O–H groups in total. The van der Waals surface area contributed by atoms with E-state index in [1.54, 1.807) is 0 Å². The molecule has 0 spiro atoms. The lowest BCUT2D eigenvalue weighted by Gasteiger charge is -2.02. The number of rotatable bonds is 4. The molecule has 1 heterocycles. The van der Waals surface area contributed by atoms with Crippen molar-refractivity contribution < 1.29 is 22.4 Å². The molecule has 9 heteroatoms. The minimum atomic E-state index is -1.30. The zero-order chi connectivity index (χ0) is 17.3. The van der Waals surface area contributed by atoms with Crippen LogP contribution in [0.5, 0.6) is 0 Å². The molecule has 0 saturated heterocycles. The molecule has 0 radical (unpaired) electrons. The summed E-state index contributed by atoms with van der Waals surface area (Å²) in [6.45, 7) is 0. The number of benzene rings is 2. The number of fused-ring (bicyclic) bond motifs is 1. The van der Waals surface area contributed by atoms with Crippen molar-refractivity contribution in [3.63, 3.8) is 0 Å². The van der Waals surface area contributed by atoms with Gasteiger partial charge in [-0.2, -0.15) is 0 Å². The van der Waals surface area contributed by atoms with E-state index < -0.39 is 29.2 Å². The second-order valence-electron chi connectivity index (χ2n) is 4.67. The zero-order valence-corrected chi connectivity index (χ0v) is 13.4. The standard InChI is InChI=1S/C15H8F4N2OS2/c16-8-3-1-7(2-4-8)15(22)21-23-6-11-20-13-12(19)9(17)5-10(18)14(13)24-11/h1-5H,6H2,(H,21,22). The van der Waals surface area contributed by atoms with Crippen molar-refractivity contribution in [3.05, 3.63) is 64.2 Å². The molecule has 0 bridgehead atoms. The van der Waals surface area contributed by atoms with Gasteiger partial charge in [-0.1, -0.05) is 0 Å². The predicted molar refractivity (Wildman–Crippen MR) is 84.7 cm³/mol. The summed E-state index contributed by atoms with van der Waals surface area (Å²) in [7, 11) is 0. The molecule has 0 aliphatic heterocycles. The summed E-state index contributed by atoms with van der Waals surface area (Å²) >= 11 is 1.84. The molecule has 124 valence electrons. The molecule has 3 aromatic rings. The highest BCUT2D eigenvalue weighted by molar-refractivity contribution is 7.97. The van der Waals surface area contributed by atoms with Gasteiger partial charge >= 0.3 is 0 Å². The van der Waals surface area contributed by atoms with E-state index in [4.69, 9.17) is 0 Å². The lowest BCUT2D eigenvalue weighted by atomic mass is 10.2. The molecule has 3 nitrogen and oxygen atoms in total. The molecular weight excluding hydrogens is 364 g/mol. The smallest absolute Gasteiger partial charge is 0.261 e. The van der Waals surface area contributed by atoms with E-state index in [9.17, 15) is 22.4 Å². The molecule has 3 rings (SSSR count). The fourth-order valence-electron chi connectivity index (χ4n) is 1.91. The number of nitrogens with zero attached hydrogens (tertiary/aromatic N) is 1. The first-order chi connectivity index (χ1) is 11.5. The van der Waals surface area contributed by atoms with Gasteiger partial charge in [0.25, 0.3) is 5.91 Å². The molecule has 2 aromatic carbocycles. The van der Waals surface area contributed by atoms with E-state index in [-0.39, 0.29) is 21.5 Å². The number of hydrogen-bond acceptors (Lipinski definition) is 4. The molecule has 0 atom stereocenters. The SMILES string of the molecule is O=C(NSCc1nc2c(F)c(F)cc(F)c2s1)c1ccc(F)cc1. The second-order valence-corrected chi connectivity index (χ2v) is 6.53. The Kier molecular flexibility index (Phi) is 4.72. The van der Waals surface area contributed by atoms with Crippen LogP contribution in [0.15, 0.2) is 30.3 Å². The number of carbonyl (C=O) groups is 1. The monoisotopic (exact) mass is 372 g/mol. The average molecular weight is 372 g/mol. The fraction of sp³-hybridized carbons (Fsp3) is 0.0667. The summed E-state index contributed by atoms with van der Waals surface area (Å²) in [4.78, 5) is 15.7. The van der Waals surface area contributed by atoms with Crippen LogP contribution >= 0.6 is 23.3 Å². The van der Waals surface area contributed by atoms with Crippen LogP contribution in [-0.2, 0) is 5.75 Å². The van der Waals surface area contributed by atoms with E-state index in [1.165, 1.54) is 12.1 Å². The van der Waals surface area contributed by atoms with E-state index in [0.29, 0.717) is 11.1 Å². The highest BCUT2D eigenvalue weighted by Crippen LogP contribution is 2.30. The zero-order valence-electron chi connectivity index (χ0n) is 11.8. The van der Waals surface area contributed by atoms with Gasteiger partial charge in [-0.05, 0) is 36.2 Å². The number of halogens is 4. The number of carbonyl (C=O) groups excluding carboxylic acids is 1. The van der Waals surface area contributed by atoms with Crippen LogP contribution < -0.4 is 4.72 Å². The molecule has 24 heavy (non-hydrogen) atoms. The number of nitrogens with one attached hydrogen (secondary N) is 1. The van der Waals surface area contributed by atoms with Gasteiger partial charge in [0.1, 0.15) is 22.2 Å². The fourth-order valence-corrected chi connectivity index (χ4v) is 3.60. The Morgan fingerprint density at radius 2 is 1.83 bits per heavy atom. The van der Waals surface area contributed by atoms with E-state index in [1.807, 2.05) is 0 Å². The maximum Gasteiger partial charge on any atom is 0.261 e. The van der Waals surface area contributed by atoms with Crippen molar-refractivity contribution in [1.29, 1.82) is 0 Å². The Bertz CT molecular complexity index is 912. The lowest BCUT2D eigenvalue weighted by Crippen LogP contribution is -2.15. The van der Waals surface area contributed by atoms with Gasteiger partial charge in [-0.3, -0.25) is 9.52 Å². The highest BCUT2D eigenvalue weighted by Gasteiger charge is 2.17. The predicted octanol–water partition coefficient (Wildman–Crippen LogP) is 4.43. The van der Waals surface area contributed by atoms with Crippen LogP contribution in [-0.4, -0.2) is 10.9 Å². The van der Waals surface area contributed by atoms with Crippen molar-refractivity contribution in [1.82, 2.24) is 9.71 Å². The molecule has 0 fully saturated rings. The Labute approximate surface area is 141 Å². The minimum Gasteiger partial charge on any atom is -0.296 e. The third-order valence-electron chi connectivity index (χ3n) is 3.03. The maximum atomic E-state index is 13.6. The third-order valence-corrected chi connectivity index (χ3v) is 5.02. The van der Waals surface area contributed by atoms with Gasteiger partial charge in [0.2, 0.25) is 0 Å². The van der Waals surface area contributed by atoms with Crippen LogP contribution in [0.1, 0.15) is 15.4 Å². The number of thiazole rings is 1. The minimum absolute atomic E-state index is 0.0747. The summed E-state index contributed by atoms with van der Waals surface area (Å²) in [5.74, 6) is -4.13. The Morgan fingerprint density at radius 3 is 2.54 bits per heavy atom. The Hall–Kier alpha value is -2.13. The number of aromatic nitrogens is 1. The van der Waals surface area contributed by atoms with E-state index in [0.717, 1.165) is 35.4 Å². The summed E-state index contributed by atoms with van der Waals surface area (Å²) in [6.07, 6.45) is 0. The Balaban J connectivity index is 1.68. The summed E-state index contributed by atoms with van der Waals surface area (Å²) < 4.78 is 55.6. The lowest BCUT2D eigenvalue weighted by molar-refractivity contribution is 0.0984. The molecule has 0 saturated carbocycles. The first-order valence-electron chi connectivity index (χ1n) is 6.56. The molecule has 0 aliphatic rings. The van der Waals surface area contributed by atoms with Gasteiger partial charge in [0, 0.05) is 11.6 Å². The van der Waals surface area contributed by atoms with Gasteiger partial charge in [0.15, 0.2) is 11.6 Å². The van der Waals surface area contributed by atoms with Gasteiger partial charge < -0.3 is 0 Å². The molecule has 0 aliphatic carbocycles. The van der Waals surface area contributed by atoms with E-state index in [2.05, 4.69) is 9.71 Å². The van der Waals surface area contributed by atoms with Crippen molar-refractivity contribution in [3.8, 4) is 0 Å².